The molecule has 2 aromatic rings. The molecule has 0 radical (unpaired) electrons. The van der Waals surface area contributed by atoms with Gasteiger partial charge in [0.2, 0.25) is 5.91 Å². The van der Waals surface area contributed by atoms with E-state index >= 15 is 0 Å². The first kappa shape index (κ1) is 13.5. The highest BCUT2D eigenvalue weighted by atomic mass is 16.5. The Morgan fingerprint density at radius 3 is 3.00 bits per heavy atom. The van der Waals surface area contributed by atoms with Crippen LogP contribution in [0.2, 0.25) is 0 Å². The Bertz CT molecular complexity index is 666. The Morgan fingerprint density at radius 2 is 2.24 bits per heavy atom. The van der Waals surface area contributed by atoms with Gasteiger partial charge in [0.25, 0.3) is 0 Å². The molecule has 110 valence electrons. The fourth-order valence-electron chi connectivity index (χ4n) is 2.25. The van der Waals surface area contributed by atoms with Gasteiger partial charge < -0.3 is 19.9 Å². The Balaban J connectivity index is 1.62. The zero-order valence-corrected chi connectivity index (χ0v) is 12.0. The van der Waals surface area contributed by atoms with Gasteiger partial charge in [-0.1, -0.05) is 5.16 Å². The summed E-state index contributed by atoms with van der Waals surface area (Å²) in [5.74, 6) is 1.84. The molecule has 2 heterocycles. The lowest BCUT2D eigenvalue weighted by molar-refractivity contribution is -0.116. The summed E-state index contributed by atoms with van der Waals surface area (Å²) in [5, 5.41) is 9.62. The van der Waals surface area contributed by atoms with Gasteiger partial charge in [0.05, 0.1) is 6.61 Å². The van der Waals surface area contributed by atoms with Crippen LogP contribution in [0.1, 0.15) is 18.2 Å². The predicted octanol–water partition coefficient (Wildman–Crippen LogP) is 2.36. The van der Waals surface area contributed by atoms with Crippen molar-refractivity contribution in [3.05, 3.63) is 35.6 Å². The number of hydrogen-bond acceptors (Lipinski definition) is 5. The third-order valence-electron chi connectivity index (χ3n) is 3.35. The minimum Gasteiger partial charge on any atom is -0.493 e. The van der Waals surface area contributed by atoms with Crippen LogP contribution in [0.25, 0.3) is 0 Å². The maximum atomic E-state index is 12.1. The summed E-state index contributed by atoms with van der Waals surface area (Å²) in [6.07, 6.45) is 0.906. The molecule has 3 rings (SSSR count). The topological polar surface area (TPSA) is 76.4 Å². The number of benzene rings is 1. The van der Waals surface area contributed by atoms with Crippen molar-refractivity contribution in [2.24, 2.45) is 0 Å². The van der Waals surface area contributed by atoms with Crippen LogP contribution in [0.4, 0.5) is 11.5 Å². The second-order valence-electron chi connectivity index (χ2n) is 5.10. The Morgan fingerprint density at radius 1 is 1.38 bits per heavy atom. The van der Waals surface area contributed by atoms with Gasteiger partial charge in [-0.15, -0.1) is 0 Å². The number of amides is 1. The number of rotatable bonds is 4. The minimum absolute atomic E-state index is 0.167. The average molecular weight is 287 g/mol. The fourth-order valence-corrected chi connectivity index (χ4v) is 2.25. The van der Waals surface area contributed by atoms with Gasteiger partial charge in [0, 0.05) is 18.2 Å². The lowest BCUT2D eigenvalue weighted by Gasteiger charge is -2.14. The van der Waals surface area contributed by atoms with Gasteiger partial charge in [-0.2, -0.15) is 0 Å². The number of aromatic nitrogens is 1. The number of carbonyl (C=O) groups excluding carboxylic acids is 1. The van der Waals surface area contributed by atoms with Crippen LogP contribution in [0.5, 0.6) is 5.75 Å². The molecule has 1 atom stereocenters. The summed E-state index contributed by atoms with van der Waals surface area (Å²) in [5.41, 5.74) is 2.07. The third-order valence-corrected chi connectivity index (χ3v) is 3.35. The maximum Gasteiger partial charge on any atom is 0.247 e. The van der Waals surface area contributed by atoms with Crippen molar-refractivity contribution in [3.63, 3.8) is 0 Å². The number of nitrogens with one attached hydrogen (secondary N) is 2. The number of ether oxygens (including phenoxy) is 1. The van der Waals surface area contributed by atoms with Crippen molar-refractivity contribution in [2.45, 2.75) is 26.3 Å². The first-order valence-electron chi connectivity index (χ1n) is 6.88. The van der Waals surface area contributed by atoms with E-state index in [1.54, 1.807) is 19.9 Å². The van der Waals surface area contributed by atoms with Crippen LogP contribution in [0.3, 0.4) is 0 Å². The summed E-state index contributed by atoms with van der Waals surface area (Å²) in [4.78, 5) is 12.1. The lowest BCUT2D eigenvalue weighted by atomic mass is 10.1. The van der Waals surface area contributed by atoms with Crippen LogP contribution < -0.4 is 15.4 Å². The van der Waals surface area contributed by atoms with E-state index in [0.29, 0.717) is 11.6 Å². The number of hydrogen-bond donors (Lipinski definition) is 2. The van der Waals surface area contributed by atoms with Gasteiger partial charge in [-0.25, -0.2) is 0 Å². The second kappa shape index (κ2) is 5.47. The van der Waals surface area contributed by atoms with Gasteiger partial charge >= 0.3 is 0 Å². The van der Waals surface area contributed by atoms with Crippen molar-refractivity contribution >= 4 is 17.4 Å². The smallest absolute Gasteiger partial charge is 0.247 e. The molecule has 6 heteroatoms. The first-order chi connectivity index (χ1) is 10.1. The molecule has 0 aliphatic carbocycles. The van der Waals surface area contributed by atoms with E-state index in [4.69, 9.17) is 9.26 Å². The molecule has 1 aliphatic rings. The fraction of sp³-hybridized carbons (Fsp3) is 0.333. The normalized spacial score (nSPS) is 14.2. The SMILES string of the molecule is Cc1cc(NC(=O)[C@H](C)Nc2ccc3c(c2)CCO3)no1. The first-order valence-corrected chi connectivity index (χ1v) is 6.88. The minimum atomic E-state index is -0.387. The Labute approximate surface area is 122 Å². The van der Waals surface area contributed by atoms with Crippen LogP contribution >= 0.6 is 0 Å². The molecule has 1 aromatic heterocycles. The van der Waals surface area contributed by atoms with Crippen LogP contribution in [-0.2, 0) is 11.2 Å². The van der Waals surface area contributed by atoms with Crippen LogP contribution in [-0.4, -0.2) is 23.7 Å². The summed E-state index contributed by atoms with van der Waals surface area (Å²) in [6, 6.07) is 7.15. The van der Waals surface area contributed by atoms with E-state index in [1.165, 1.54) is 5.56 Å². The number of aryl methyl sites for hydroxylation is 1. The summed E-state index contributed by atoms with van der Waals surface area (Å²) >= 11 is 0. The molecule has 0 spiro atoms. The van der Waals surface area contributed by atoms with Crippen molar-refractivity contribution in [3.8, 4) is 5.75 Å². The van der Waals surface area contributed by atoms with Crippen molar-refractivity contribution in [1.29, 1.82) is 0 Å². The molecule has 21 heavy (non-hydrogen) atoms. The van der Waals surface area contributed by atoms with Crippen LogP contribution in [0, 0.1) is 6.92 Å². The Hall–Kier alpha value is -2.50. The maximum absolute atomic E-state index is 12.1. The highest BCUT2D eigenvalue weighted by Gasteiger charge is 2.16. The Kier molecular flexibility index (Phi) is 3.51. The molecule has 1 aromatic carbocycles. The molecular weight excluding hydrogens is 270 g/mol. The van der Waals surface area contributed by atoms with Gasteiger partial charge in [0.1, 0.15) is 17.6 Å². The van der Waals surface area contributed by atoms with Gasteiger partial charge in [-0.3, -0.25) is 4.79 Å². The molecule has 1 aliphatic heterocycles. The predicted molar refractivity (Wildman–Crippen MR) is 78.6 cm³/mol. The molecule has 0 saturated heterocycles. The van der Waals surface area contributed by atoms with Gasteiger partial charge in [-0.05, 0) is 37.6 Å². The molecule has 0 fully saturated rings. The summed E-state index contributed by atoms with van der Waals surface area (Å²) < 4.78 is 10.4. The van der Waals surface area contributed by atoms with E-state index in [1.807, 2.05) is 18.2 Å². The van der Waals surface area contributed by atoms with Crippen molar-refractivity contribution < 1.29 is 14.1 Å². The van der Waals surface area contributed by atoms with Crippen LogP contribution in [0.15, 0.2) is 28.8 Å². The molecule has 2 N–H and O–H groups in total. The standard InChI is InChI=1S/C15H17N3O3/c1-9-7-14(18-21-9)17-15(19)10(2)16-12-3-4-13-11(8-12)5-6-20-13/h3-4,7-8,10,16H,5-6H2,1-2H3,(H,17,18,19)/t10-/m0/s1. The highest BCUT2D eigenvalue weighted by molar-refractivity contribution is 5.95. The molecule has 6 nitrogen and oxygen atoms in total. The zero-order valence-electron chi connectivity index (χ0n) is 12.0. The number of anilines is 2. The summed E-state index contributed by atoms with van der Waals surface area (Å²) in [6.45, 7) is 4.29. The molecular formula is C15H17N3O3. The van der Waals surface area contributed by atoms with Gasteiger partial charge in [0.15, 0.2) is 5.82 Å². The second-order valence-corrected chi connectivity index (χ2v) is 5.10. The largest absolute Gasteiger partial charge is 0.493 e. The average Bonchev–Trinajstić information content (AvgIpc) is 3.07. The summed E-state index contributed by atoms with van der Waals surface area (Å²) in [7, 11) is 0. The quantitative estimate of drug-likeness (QED) is 0.902. The number of nitrogens with zero attached hydrogens (tertiary/aromatic N) is 1. The van der Waals surface area contributed by atoms with E-state index in [2.05, 4.69) is 15.8 Å². The molecule has 1 amide bonds. The van der Waals surface area contributed by atoms with E-state index in [-0.39, 0.29) is 11.9 Å². The number of carbonyl (C=O) groups is 1. The zero-order chi connectivity index (χ0) is 14.8. The molecule has 0 bridgehead atoms. The highest BCUT2D eigenvalue weighted by Crippen LogP contribution is 2.28. The van der Waals surface area contributed by atoms with E-state index in [9.17, 15) is 4.79 Å². The van der Waals surface area contributed by atoms with E-state index < -0.39 is 0 Å². The molecule has 0 unspecified atom stereocenters. The van der Waals surface area contributed by atoms with Crippen molar-refractivity contribution in [2.75, 3.05) is 17.2 Å². The van der Waals surface area contributed by atoms with E-state index in [0.717, 1.165) is 24.5 Å². The third kappa shape index (κ3) is 2.99. The lowest BCUT2D eigenvalue weighted by Crippen LogP contribution is -2.31. The van der Waals surface area contributed by atoms with Crippen molar-refractivity contribution in [1.82, 2.24) is 5.16 Å². The molecule has 0 saturated carbocycles. The monoisotopic (exact) mass is 287 g/mol. The number of fused-ring (bicyclic) bond motifs is 1.